The molecule has 0 unspecified atom stereocenters. The molecule has 0 bridgehead atoms. The SMILES string of the molecule is Cc1ncsc1CCC(=O)NCCCn1nc(C)c(Cl)c1C. The lowest BCUT2D eigenvalue weighted by atomic mass is 10.2. The summed E-state index contributed by atoms with van der Waals surface area (Å²) < 4.78 is 1.89. The average Bonchev–Trinajstić information content (AvgIpc) is 3.00. The highest BCUT2D eigenvalue weighted by Crippen LogP contribution is 2.18. The highest BCUT2D eigenvalue weighted by molar-refractivity contribution is 7.09. The first-order chi connectivity index (χ1) is 10.5. The maximum atomic E-state index is 11.8. The van der Waals surface area contributed by atoms with E-state index in [-0.39, 0.29) is 5.91 Å². The van der Waals surface area contributed by atoms with Gasteiger partial charge in [0.2, 0.25) is 5.91 Å². The minimum Gasteiger partial charge on any atom is -0.356 e. The fourth-order valence-electron chi connectivity index (χ4n) is 2.23. The van der Waals surface area contributed by atoms with E-state index in [9.17, 15) is 4.79 Å². The van der Waals surface area contributed by atoms with Crippen LogP contribution in [-0.4, -0.2) is 27.2 Å². The van der Waals surface area contributed by atoms with Crippen molar-refractivity contribution in [3.8, 4) is 0 Å². The van der Waals surface area contributed by atoms with Crippen LogP contribution < -0.4 is 5.32 Å². The Morgan fingerprint density at radius 3 is 2.73 bits per heavy atom. The van der Waals surface area contributed by atoms with Crippen molar-refractivity contribution in [2.24, 2.45) is 0 Å². The molecule has 7 heteroatoms. The molecule has 5 nitrogen and oxygen atoms in total. The summed E-state index contributed by atoms with van der Waals surface area (Å²) in [6.07, 6.45) is 2.10. The van der Waals surface area contributed by atoms with Crippen molar-refractivity contribution in [1.82, 2.24) is 20.1 Å². The van der Waals surface area contributed by atoms with E-state index < -0.39 is 0 Å². The Bertz CT molecular complexity index is 650. The molecular weight excluding hydrogens is 320 g/mol. The standard InChI is InChI=1S/C15H21ClN4OS/c1-10-13(22-9-18-10)5-6-14(21)17-7-4-8-20-12(3)15(16)11(2)19-20/h9H,4-8H2,1-3H3,(H,17,21). The van der Waals surface area contributed by atoms with E-state index in [1.807, 2.05) is 31.0 Å². The number of rotatable bonds is 7. The maximum absolute atomic E-state index is 11.8. The minimum absolute atomic E-state index is 0.0826. The number of thiazole rings is 1. The van der Waals surface area contributed by atoms with Crippen LogP contribution in [0.5, 0.6) is 0 Å². The molecule has 1 amide bonds. The van der Waals surface area contributed by atoms with Crippen LogP contribution in [0.1, 0.15) is 34.8 Å². The molecule has 0 aliphatic rings. The minimum atomic E-state index is 0.0826. The van der Waals surface area contributed by atoms with Gasteiger partial charge in [-0.3, -0.25) is 9.48 Å². The lowest BCUT2D eigenvalue weighted by Crippen LogP contribution is -2.25. The Balaban J connectivity index is 1.67. The van der Waals surface area contributed by atoms with E-state index in [0.29, 0.717) is 13.0 Å². The summed E-state index contributed by atoms with van der Waals surface area (Å²) in [4.78, 5) is 17.2. The van der Waals surface area contributed by atoms with Crippen molar-refractivity contribution < 1.29 is 4.79 Å². The van der Waals surface area contributed by atoms with Crippen molar-refractivity contribution in [3.05, 3.63) is 32.5 Å². The Labute approximate surface area is 139 Å². The van der Waals surface area contributed by atoms with E-state index in [1.165, 1.54) is 4.88 Å². The quantitative estimate of drug-likeness (QED) is 0.788. The molecule has 0 radical (unpaired) electrons. The number of aryl methyl sites for hydroxylation is 4. The predicted octanol–water partition coefficient (Wildman–Crippen LogP) is 3.06. The van der Waals surface area contributed by atoms with Gasteiger partial charge in [0.25, 0.3) is 0 Å². The molecular formula is C15H21ClN4OS. The molecule has 2 aromatic heterocycles. The number of aromatic nitrogens is 3. The zero-order chi connectivity index (χ0) is 16.1. The molecule has 0 spiro atoms. The van der Waals surface area contributed by atoms with Crippen molar-refractivity contribution in [2.75, 3.05) is 6.54 Å². The van der Waals surface area contributed by atoms with Crippen molar-refractivity contribution in [2.45, 2.75) is 46.6 Å². The van der Waals surface area contributed by atoms with Crippen LogP contribution in [0.4, 0.5) is 0 Å². The van der Waals surface area contributed by atoms with Crippen molar-refractivity contribution in [1.29, 1.82) is 0 Å². The highest BCUT2D eigenvalue weighted by Gasteiger charge is 2.09. The molecule has 0 aliphatic carbocycles. The van der Waals surface area contributed by atoms with Gasteiger partial charge >= 0.3 is 0 Å². The first kappa shape index (κ1) is 17.0. The first-order valence-electron chi connectivity index (χ1n) is 7.34. The normalized spacial score (nSPS) is 10.9. The third-order valence-electron chi connectivity index (χ3n) is 3.59. The van der Waals surface area contributed by atoms with Gasteiger partial charge in [0.1, 0.15) is 0 Å². The van der Waals surface area contributed by atoms with E-state index in [4.69, 9.17) is 11.6 Å². The summed E-state index contributed by atoms with van der Waals surface area (Å²) in [6.45, 7) is 7.24. The number of hydrogen-bond donors (Lipinski definition) is 1. The number of carbonyl (C=O) groups excluding carboxylic acids is 1. The van der Waals surface area contributed by atoms with E-state index in [2.05, 4.69) is 15.4 Å². The first-order valence-corrected chi connectivity index (χ1v) is 8.60. The fourth-order valence-corrected chi connectivity index (χ4v) is 3.15. The Morgan fingerprint density at radius 1 is 1.36 bits per heavy atom. The van der Waals surface area contributed by atoms with Gasteiger partial charge in [-0.2, -0.15) is 5.10 Å². The zero-order valence-electron chi connectivity index (χ0n) is 13.1. The lowest BCUT2D eigenvalue weighted by Gasteiger charge is -2.06. The molecule has 0 saturated heterocycles. The number of halogens is 1. The molecule has 0 aliphatic heterocycles. The largest absolute Gasteiger partial charge is 0.356 e. The zero-order valence-corrected chi connectivity index (χ0v) is 14.7. The summed E-state index contributed by atoms with van der Waals surface area (Å²) in [5.41, 5.74) is 4.68. The van der Waals surface area contributed by atoms with E-state index >= 15 is 0 Å². The monoisotopic (exact) mass is 340 g/mol. The molecule has 2 heterocycles. The maximum Gasteiger partial charge on any atom is 0.220 e. The van der Waals surface area contributed by atoms with Crippen molar-refractivity contribution in [3.63, 3.8) is 0 Å². The van der Waals surface area contributed by atoms with Gasteiger partial charge in [0.05, 0.1) is 27.6 Å². The van der Waals surface area contributed by atoms with Crippen LogP contribution in [0.25, 0.3) is 0 Å². The molecule has 0 aromatic carbocycles. The third kappa shape index (κ3) is 4.30. The average molecular weight is 341 g/mol. The summed E-state index contributed by atoms with van der Waals surface area (Å²) in [5, 5.41) is 8.05. The van der Waals surface area contributed by atoms with E-state index in [0.717, 1.165) is 41.5 Å². The summed E-state index contributed by atoms with van der Waals surface area (Å²) in [7, 11) is 0. The number of amides is 1. The van der Waals surface area contributed by atoms with Gasteiger partial charge in [-0.25, -0.2) is 4.98 Å². The Hall–Kier alpha value is -1.40. The van der Waals surface area contributed by atoms with Gasteiger partial charge in [-0.05, 0) is 33.6 Å². The van der Waals surface area contributed by atoms with Gasteiger partial charge in [-0.1, -0.05) is 11.6 Å². The van der Waals surface area contributed by atoms with Gasteiger partial charge < -0.3 is 5.32 Å². The molecule has 0 fully saturated rings. The fraction of sp³-hybridized carbons (Fsp3) is 0.533. The van der Waals surface area contributed by atoms with Crippen LogP contribution in [0, 0.1) is 20.8 Å². The lowest BCUT2D eigenvalue weighted by molar-refractivity contribution is -0.121. The van der Waals surface area contributed by atoms with Crippen LogP contribution in [0.3, 0.4) is 0 Å². The second kappa shape index (κ2) is 7.74. The molecule has 2 aromatic rings. The van der Waals surface area contributed by atoms with Crippen molar-refractivity contribution >= 4 is 28.8 Å². The predicted molar refractivity (Wildman–Crippen MR) is 89.5 cm³/mol. The van der Waals surface area contributed by atoms with Crippen LogP contribution in [0.15, 0.2) is 5.51 Å². The van der Waals surface area contributed by atoms with Gasteiger partial charge in [0.15, 0.2) is 0 Å². The van der Waals surface area contributed by atoms with Crippen LogP contribution in [-0.2, 0) is 17.8 Å². The van der Waals surface area contributed by atoms with Crippen LogP contribution >= 0.6 is 22.9 Å². The molecule has 1 N–H and O–H groups in total. The van der Waals surface area contributed by atoms with Crippen LogP contribution in [0.2, 0.25) is 5.02 Å². The number of carbonyl (C=O) groups is 1. The summed E-state index contributed by atoms with van der Waals surface area (Å²) >= 11 is 7.71. The van der Waals surface area contributed by atoms with E-state index in [1.54, 1.807) is 11.3 Å². The Morgan fingerprint density at radius 2 is 2.14 bits per heavy atom. The molecule has 0 atom stereocenters. The highest BCUT2D eigenvalue weighted by atomic mass is 35.5. The summed E-state index contributed by atoms with van der Waals surface area (Å²) in [6, 6.07) is 0. The number of nitrogens with one attached hydrogen (secondary N) is 1. The molecule has 120 valence electrons. The second-order valence-corrected chi connectivity index (χ2v) is 6.59. The van der Waals surface area contributed by atoms with Gasteiger partial charge in [0, 0.05) is 24.4 Å². The third-order valence-corrected chi connectivity index (χ3v) is 5.13. The van der Waals surface area contributed by atoms with Gasteiger partial charge in [-0.15, -0.1) is 11.3 Å². The second-order valence-electron chi connectivity index (χ2n) is 5.27. The number of nitrogens with zero attached hydrogens (tertiary/aromatic N) is 3. The number of hydrogen-bond acceptors (Lipinski definition) is 4. The molecule has 22 heavy (non-hydrogen) atoms. The molecule has 2 rings (SSSR count). The topological polar surface area (TPSA) is 59.8 Å². The Kier molecular flexibility index (Phi) is 5.97. The summed E-state index contributed by atoms with van der Waals surface area (Å²) in [5.74, 6) is 0.0826. The smallest absolute Gasteiger partial charge is 0.220 e. The molecule has 0 saturated carbocycles.